The van der Waals surface area contributed by atoms with Crippen molar-refractivity contribution < 1.29 is 0 Å². The molecule has 1 aromatic heterocycles. The Hall–Kier alpha value is -0.600. The van der Waals surface area contributed by atoms with Crippen LogP contribution in [0.5, 0.6) is 0 Å². The summed E-state index contributed by atoms with van der Waals surface area (Å²) in [7, 11) is 0. The highest BCUT2D eigenvalue weighted by atomic mass is 32.1. The Kier molecular flexibility index (Phi) is 3.62. The van der Waals surface area contributed by atoms with Crippen molar-refractivity contribution in [3.8, 4) is 0 Å². The van der Waals surface area contributed by atoms with Gasteiger partial charge in [-0.1, -0.05) is 18.6 Å². The zero-order valence-corrected chi connectivity index (χ0v) is 11.2. The third-order valence-corrected chi connectivity index (χ3v) is 5.05. The molecule has 1 aliphatic carbocycles. The van der Waals surface area contributed by atoms with E-state index >= 15 is 0 Å². The van der Waals surface area contributed by atoms with Gasteiger partial charge in [-0.2, -0.15) is 0 Å². The standard InChI is InChI=1S/C15H21NS/c1(3-15-4-2-10-17-15)8-16-9-7-13-5-6-14(11-13)12-16/h1-4,10,13-14H,5-9,11-12H2. The van der Waals surface area contributed by atoms with Crippen molar-refractivity contribution in [1.82, 2.24) is 4.90 Å². The number of fused-ring (bicyclic) bond motifs is 2. The van der Waals surface area contributed by atoms with Crippen LogP contribution in [0.4, 0.5) is 0 Å². The largest absolute Gasteiger partial charge is 0.299 e. The molecule has 1 aromatic rings. The molecule has 2 bridgehead atoms. The number of likely N-dealkylation sites (tertiary alicyclic amines) is 1. The molecule has 0 N–H and O–H groups in total. The van der Waals surface area contributed by atoms with Gasteiger partial charge >= 0.3 is 0 Å². The van der Waals surface area contributed by atoms with E-state index in [1.54, 1.807) is 0 Å². The van der Waals surface area contributed by atoms with E-state index in [-0.39, 0.29) is 0 Å². The molecule has 2 unspecified atom stereocenters. The fourth-order valence-corrected chi connectivity index (χ4v) is 3.94. The van der Waals surface area contributed by atoms with E-state index in [9.17, 15) is 0 Å². The number of hydrogen-bond acceptors (Lipinski definition) is 2. The molecule has 0 radical (unpaired) electrons. The van der Waals surface area contributed by atoms with E-state index in [4.69, 9.17) is 0 Å². The molecule has 2 atom stereocenters. The minimum absolute atomic E-state index is 0.998. The Labute approximate surface area is 108 Å². The summed E-state index contributed by atoms with van der Waals surface area (Å²) in [6, 6.07) is 4.31. The van der Waals surface area contributed by atoms with Gasteiger partial charge < -0.3 is 0 Å². The van der Waals surface area contributed by atoms with Crippen LogP contribution in [-0.4, -0.2) is 24.5 Å². The van der Waals surface area contributed by atoms with Gasteiger partial charge in [0.25, 0.3) is 0 Å². The number of thiophene rings is 1. The smallest absolute Gasteiger partial charge is 0.0267 e. The summed E-state index contributed by atoms with van der Waals surface area (Å²) in [6.45, 7) is 3.79. The van der Waals surface area contributed by atoms with Gasteiger partial charge in [0.1, 0.15) is 0 Å². The summed E-state index contributed by atoms with van der Waals surface area (Å²) >= 11 is 1.82. The van der Waals surface area contributed by atoms with Crippen LogP contribution in [0.25, 0.3) is 6.08 Å². The molecule has 1 nitrogen and oxygen atoms in total. The zero-order valence-electron chi connectivity index (χ0n) is 10.3. The summed E-state index contributed by atoms with van der Waals surface area (Å²) in [5, 5.41) is 2.14. The second-order valence-corrected chi connectivity index (χ2v) is 6.49. The van der Waals surface area contributed by atoms with Crippen molar-refractivity contribution in [1.29, 1.82) is 0 Å². The average Bonchev–Trinajstić information content (AvgIpc) is 2.91. The van der Waals surface area contributed by atoms with Gasteiger partial charge in [0.15, 0.2) is 0 Å². The molecule has 1 aliphatic heterocycles. The normalized spacial score (nSPS) is 29.9. The summed E-state index contributed by atoms with van der Waals surface area (Å²) < 4.78 is 0. The van der Waals surface area contributed by atoms with Gasteiger partial charge in [-0.05, 0) is 55.2 Å². The van der Waals surface area contributed by atoms with Gasteiger partial charge in [-0.3, -0.25) is 4.90 Å². The quantitative estimate of drug-likeness (QED) is 0.783. The average molecular weight is 247 g/mol. The van der Waals surface area contributed by atoms with E-state index in [1.165, 1.54) is 43.6 Å². The van der Waals surface area contributed by atoms with Crippen molar-refractivity contribution >= 4 is 17.4 Å². The van der Waals surface area contributed by atoms with Crippen LogP contribution in [0.3, 0.4) is 0 Å². The maximum atomic E-state index is 2.65. The number of rotatable bonds is 3. The van der Waals surface area contributed by atoms with Gasteiger partial charge in [0, 0.05) is 18.0 Å². The van der Waals surface area contributed by atoms with Crippen molar-refractivity contribution in [2.24, 2.45) is 11.8 Å². The van der Waals surface area contributed by atoms with Crippen molar-refractivity contribution in [2.45, 2.75) is 25.7 Å². The fraction of sp³-hybridized carbons (Fsp3) is 0.600. The minimum atomic E-state index is 0.998. The molecular formula is C15H21NS. The molecule has 2 aliphatic rings. The van der Waals surface area contributed by atoms with Crippen molar-refractivity contribution in [2.75, 3.05) is 19.6 Å². The lowest BCUT2D eigenvalue weighted by Crippen LogP contribution is -2.29. The van der Waals surface area contributed by atoms with Crippen LogP contribution in [-0.2, 0) is 0 Å². The molecule has 0 spiro atoms. The first-order valence-corrected chi connectivity index (χ1v) is 7.70. The maximum Gasteiger partial charge on any atom is 0.0267 e. The van der Waals surface area contributed by atoms with Crippen LogP contribution in [0, 0.1) is 11.8 Å². The van der Waals surface area contributed by atoms with Crippen molar-refractivity contribution in [3.63, 3.8) is 0 Å². The maximum absolute atomic E-state index is 2.65. The van der Waals surface area contributed by atoms with Crippen LogP contribution >= 0.6 is 11.3 Å². The lowest BCUT2D eigenvalue weighted by molar-refractivity contribution is 0.260. The van der Waals surface area contributed by atoms with Crippen LogP contribution in [0.15, 0.2) is 23.6 Å². The van der Waals surface area contributed by atoms with Crippen molar-refractivity contribution in [3.05, 3.63) is 28.5 Å². The second kappa shape index (κ2) is 5.36. The van der Waals surface area contributed by atoms with Gasteiger partial charge in [0.2, 0.25) is 0 Å². The second-order valence-electron chi connectivity index (χ2n) is 5.51. The predicted molar refractivity (Wildman–Crippen MR) is 75.2 cm³/mol. The van der Waals surface area contributed by atoms with Gasteiger partial charge in [-0.15, -0.1) is 11.3 Å². The topological polar surface area (TPSA) is 3.24 Å². The third kappa shape index (κ3) is 2.99. The van der Waals surface area contributed by atoms with Gasteiger partial charge in [0.05, 0.1) is 0 Å². The fourth-order valence-electron chi connectivity index (χ4n) is 3.30. The molecule has 1 saturated heterocycles. The summed E-state index contributed by atoms with van der Waals surface area (Å²) in [5.74, 6) is 2.05. The van der Waals surface area contributed by atoms with Gasteiger partial charge in [-0.25, -0.2) is 0 Å². The number of hydrogen-bond donors (Lipinski definition) is 0. The molecule has 1 saturated carbocycles. The predicted octanol–water partition coefficient (Wildman–Crippen LogP) is 3.88. The summed E-state index contributed by atoms with van der Waals surface area (Å²) in [6.07, 6.45) is 10.5. The Morgan fingerprint density at radius 1 is 1.29 bits per heavy atom. The van der Waals surface area contributed by atoms with E-state index in [1.807, 2.05) is 11.3 Å². The van der Waals surface area contributed by atoms with E-state index in [2.05, 4.69) is 34.6 Å². The minimum Gasteiger partial charge on any atom is -0.299 e. The summed E-state index contributed by atoms with van der Waals surface area (Å²) in [5.41, 5.74) is 0. The molecule has 2 fully saturated rings. The van der Waals surface area contributed by atoms with Crippen LogP contribution in [0.1, 0.15) is 30.6 Å². The highest BCUT2D eigenvalue weighted by molar-refractivity contribution is 7.10. The summed E-state index contributed by atoms with van der Waals surface area (Å²) in [4.78, 5) is 4.02. The third-order valence-electron chi connectivity index (χ3n) is 4.21. The van der Waals surface area contributed by atoms with Crippen LogP contribution < -0.4 is 0 Å². The molecule has 0 aromatic carbocycles. The molecule has 2 heterocycles. The Morgan fingerprint density at radius 3 is 3.12 bits per heavy atom. The first-order valence-electron chi connectivity index (χ1n) is 6.82. The highest BCUT2D eigenvalue weighted by Crippen LogP contribution is 2.36. The number of nitrogens with zero attached hydrogens (tertiary/aromatic N) is 1. The Morgan fingerprint density at radius 2 is 2.24 bits per heavy atom. The molecular weight excluding hydrogens is 226 g/mol. The SMILES string of the molecule is C(=Cc1cccs1)CN1CCC2CCC(C2)C1. The first-order chi connectivity index (χ1) is 8.40. The van der Waals surface area contributed by atoms with E-state index < -0.39 is 0 Å². The van der Waals surface area contributed by atoms with Crippen LogP contribution in [0.2, 0.25) is 0 Å². The Bertz CT molecular complexity index is 368. The lowest BCUT2D eigenvalue weighted by atomic mass is 10.0. The monoisotopic (exact) mass is 247 g/mol. The molecule has 0 amide bonds. The molecule has 2 heteroatoms. The lowest BCUT2D eigenvalue weighted by Gasteiger charge is -2.22. The Balaban J connectivity index is 1.52. The molecule has 17 heavy (non-hydrogen) atoms. The zero-order chi connectivity index (χ0) is 11.5. The molecule has 3 rings (SSSR count). The van der Waals surface area contributed by atoms with E-state index in [0.717, 1.165) is 18.4 Å². The van der Waals surface area contributed by atoms with E-state index in [0.29, 0.717) is 0 Å². The molecule has 92 valence electrons. The highest BCUT2D eigenvalue weighted by Gasteiger charge is 2.29. The first kappa shape index (κ1) is 11.5.